The van der Waals surface area contributed by atoms with Crippen molar-refractivity contribution in [1.29, 1.82) is 0 Å². The molecule has 2 rings (SSSR count). The van der Waals surface area contributed by atoms with Crippen molar-refractivity contribution in [2.24, 2.45) is 0 Å². The van der Waals surface area contributed by atoms with Crippen LogP contribution in [0.25, 0.3) is 28.5 Å². The molecule has 112 valence electrons. The molecule has 0 aliphatic rings. The summed E-state index contributed by atoms with van der Waals surface area (Å²) >= 11 is 0. The van der Waals surface area contributed by atoms with Crippen LogP contribution in [0.2, 0.25) is 0 Å². The number of fused-ring (bicyclic) bond motifs is 1. The number of hydrogen-bond donors (Lipinski definition) is 0. The SMILES string of the molecule is C=C/C=c1\c(/C(C=C)=C\C)c(C)c(C)c2/c(=C\C)cccc12. The Kier molecular flexibility index (Phi) is 4.82. The Balaban J connectivity index is 3.24. The van der Waals surface area contributed by atoms with E-state index in [9.17, 15) is 0 Å². The lowest BCUT2D eigenvalue weighted by Crippen LogP contribution is -2.17. The molecule has 0 heterocycles. The van der Waals surface area contributed by atoms with Gasteiger partial charge < -0.3 is 0 Å². The van der Waals surface area contributed by atoms with Crippen molar-refractivity contribution in [2.45, 2.75) is 27.7 Å². The third-order valence-corrected chi connectivity index (χ3v) is 4.38. The van der Waals surface area contributed by atoms with Crippen molar-refractivity contribution >= 4 is 28.5 Å². The van der Waals surface area contributed by atoms with Crippen molar-refractivity contribution in [3.63, 3.8) is 0 Å². The van der Waals surface area contributed by atoms with Gasteiger partial charge in [-0.25, -0.2) is 0 Å². The van der Waals surface area contributed by atoms with Crippen LogP contribution in [0.3, 0.4) is 0 Å². The molecule has 2 aromatic rings. The fraction of sp³-hybridized carbons (Fsp3) is 0.182. The van der Waals surface area contributed by atoms with Gasteiger partial charge in [-0.15, -0.1) is 0 Å². The Bertz CT molecular complexity index is 890. The van der Waals surface area contributed by atoms with E-state index in [1.807, 2.05) is 12.2 Å². The zero-order valence-corrected chi connectivity index (χ0v) is 14.0. The topological polar surface area (TPSA) is 0 Å². The third-order valence-electron chi connectivity index (χ3n) is 4.38. The predicted octanol–water partition coefficient (Wildman–Crippen LogP) is 4.81. The highest BCUT2D eigenvalue weighted by Crippen LogP contribution is 2.24. The fourth-order valence-electron chi connectivity index (χ4n) is 3.19. The van der Waals surface area contributed by atoms with E-state index >= 15 is 0 Å². The number of rotatable bonds is 3. The molecule has 2 aromatic carbocycles. The maximum atomic E-state index is 3.98. The maximum Gasteiger partial charge on any atom is -0.00763 e. The summed E-state index contributed by atoms with van der Waals surface area (Å²) in [5, 5.41) is 5.11. The van der Waals surface area contributed by atoms with Gasteiger partial charge in [0.2, 0.25) is 0 Å². The molecule has 0 heteroatoms. The van der Waals surface area contributed by atoms with Crippen molar-refractivity contribution in [3.8, 4) is 0 Å². The molecule has 0 spiro atoms. The molecule has 0 amide bonds. The molecule has 22 heavy (non-hydrogen) atoms. The Morgan fingerprint density at radius 2 is 1.77 bits per heavy atom. The molecule has 0 radical (unpaired) electrons. The van der Waals surface area contributed by atoms with Gasteiger partial charge in [-0.1, -0.05) is 61.7 Å². The van der Waals surface area contributed by atoms with Crippen molar-refractivity contribution < 1.29 is 0 Å². The first-order chi connectivity index (χ1) is 10.6. The summed E-state index contributed by atoms with van der Waals surface area (Å²) in [5.74, 6) is 0. The molecule has 0 aromatic heterocycles. The average Bonchev–Trinajstić information content (AvgIpc) is 2.55. The van der Waals surface area contributed by atoms with Gasteiger partial charge in [0, 0.05) is 0 Å². The molecular formula is C22H24. The van der Waals surface area contributed by atoms with Gasteiger partial charge in [-0.05, 0) is 71.2 Å². The number of benzene rings is 2. The predicted molar refractivity (Wildman–Crippen MR) is 101 cm³/mol. The molecule has 0 saturated heterocycles. The summed E-state index contributed by atoms with van der Waals surface area (Å²) in [5.41, 5.74) is 5.07. The Hall–Kier alpha value is -2.34. The summed E-state index contributed by atoms with van der Waals surface area (Å²) in [6.45, 7) is 16.4. The van der Waals surface area contributed by atoms with Gasteiger partial charge >= 0.3 is 0 Å². The summed E-state index contributed by atoms with van der Waals surface area (Å²) < 4.78 is 0. The van der Waals surface area contributed by atoms with Crippen LogP contribution in [0.5, 0.6) is 0 Å². The van der Waals surface area contributed by atoms with Gasteiger partial charge in [-0.2, -0.15) is 0 Å². The first-order valence-electron chi connectivity index (χ1n) is 7.70. The number of aryl methyl sites for hydroxylation is 1. The highest BCUT2D eigenvalue weighted by Gasteiger charge is 2.12. The number of allylic oxidation sites excluding steroid dienone is 4. The Morgan fingerprint density at radius 3 is 2.32 bits per heavy atom. The lowest BCUT2D eigenvalue weighted by atomic mass is 9.88. The molecule has 0 nitrogen and oxygen atoms in total. The second-order valence-electron chi connectivity index (χ2n) is 5.45. The first kappa shape index (κ1) is 16.0. The minimum absolute atomic E-state index is 1.17. The number of hydrogen-bond acceptors (Lipinski definition) is 0. The van der Waals surface area contributed by atoms with Crippen LogP contribution >= 0.6 is 0 Å². The van der Waals surface area contributed by atoms with E-state index in [2.05, 4.69) is 77.3 Å². The second-order valence-corrected chi connectivity index (χ2v) is 5.45. The Morgan fingerprint density at radius 1 is 1.05 bits per heavy atom. The van der Waals surface area contributed by atoms with E-state index in [-0.39, 0.29) is 0 Å². The lowest BCUT2D eigenvalue weighted by molar-refractivity contribution is 1.33. The molecule has 0 unspecified atom stereocenters. The Labute approximate surface area is 133 Å². The third kappa shape index (κ3) is 2.46. The lowest BCUT2D eigenvalue weighted by Gasteiger charge is -2.16. The molecule has 0 atom stereocenters. The molecule has 0 N–H and O–H groups in total. The van der Waals surface area contributed by atoms with Crippen LogP contribution < -0.4 is 10.4 Å². The van der Waals surface area contributed by atoms with Crippen LogP contribution in [0.4, 0.5) is 0 Å². The second kappa shape index (κ2) is 6.62. The fourth-order valence-corrected chi connectivity index (χ4v) is 3.19. The molecule has 0 saturated carbocycles. The van der Waals surface area contributed by atoms with E-state index in [0.29, 0.717) is 0 Å². The largest absolute Gasteiger partial charge is 0.0990 e. The first-order valence-corrected chi connectivity index (χ1v) is 7.70. The quantitative estimate of drug-likeness (QED) is 0.711. The smallest absolute Gasteiger partial charge is 0.00763 e. The van der Waals surface area contributed by atoms with Crippen LogP contribution in [-0.4, -0.2) is 0 Å². The van der Waals surface area contributed by atoms with Crippen molar-refractivity contribution in [1.82, 2.24) is 0 Å². The summed E-state index contributed by atoms with van der Waals surface area (Å²) in [7, 11) is 0. The van der Waals surface area contributed by atoms with Gasteiger partial charge in [0.05, 0.1) is 0 Å². The summed E-state index contributed by atoms with van der Waals surface area (Å²) in [4.78, 5) is 0. The summed E-state index contributed by atoms with van der Waals surface area (Å²) in [6.07, 6.45) is 10.2. The van der Waals surface area contributed by atoms with Crippen molar-refractivity contribution in [2.75, 3.05) is 0 Å². The zero-order chi connectivity index (χ0) is 16.3. The van der Waals surface area contributed by atoms with E-state index in [1.54, 1.807) is 0 Å². The van der Waals surface area contributed by atoms with Gasteiger partial charge in [0.15, 0.2) is 0 Å². The van der Waals surface area contributed by atoms with E-state index in [4.69, 9.17) is 0 Å². The molecule has 0 aliphatic carbocycles. The molecule has 0 bridgehead atoms. The highest BCUT2D eigenvalue weighted by atomic mass is 14.2. The molecule has 0 aliphatic heterocycles. The normalized spacial score (nSPS) is 13.7. The zero-order valence-electron chi connectivity index (χ0n) is 14.0. The minimum atomic E-state index is 1.17. The van der Waals surface area contributed by atoms with Crippen molar-refractivity contribution in [3.05, 3.63) is 76.7 Å². The molecule has 0 fully saturated rings. The highest BCUT2D eigenvalue weighted by molar-refractivity contribution is 5.94. The summed E-state index contributed by atoms with van der Waals surface area (Å²) in [6, 6.07) is 6.50. The van der Waals surface area contributed by atoms with Gasteiger partial charge in [0.1, 0.15) is 0 Å². The van der Waals surface area contributed by atoms with E-state index < -0.39 is 0 Å². The average molecular weight is 288 g/mol. The standard InChI is InChI=1S/C22H24/c1-7-12-19-20-14-11-13-18(10-4)22(20)16(6)15(5)21(19)17(8-2)9-3/h7-14H,1-2H2,3-6H3/b17-9-,18-10-,19-12-. The maximum absolute atomic E-state index is 3.98. The van der Waals surface area contributed by atoms with Crippen LogP contribution in [0, 0.1) is 13.8 Å². The van der Waals surface area contributed by atoms with Gasteiger partial charge in [0.25, 0.3) is 0 Å². The monoisotopic (exact) mass is 288 g/mol. The minimum Gasteiger partial charge on any atom is -0.0990 e. The van der Waals surface area contributed by atoms with E-state index in [1.165, 1.54) is 43.5 Å². The van der Waals surface area contributed by atoms with E-state index in [0.717, 1.165) is 0 Å². The van der Waals surface area contributed by atoms with Gasteiger partial charge in [-0.3, -0.25) is 0 Å². The van der Waals surface area contributed by atoms with Crippen LogP contribution in [0.15, 0.2) is 49.6 Å². The van der Waals surface area contributed by atoms with Crippen LogP contribution in [-0.2, 0) is 0 Å². The molecular weight excluding hydrogens is 264 g/mol. The van der Waals surface area contributed by atoms with Crippen LogP contribution in [0.1, 0.15) is 30.5 Å².